The lowest BCUT2D eigenvalue weighted by molar-refractivity contribution is 0.171. The van der Waals surface area contributed by atoms with Crippen LogP contribution in [-0.4, -0.2) is 35.9 Å². The quantitative estimate of drug-likeness (QED) is 0.514. The Hall–Kier alpha value is -1.26. The highest BCUT2D eigenvalue weighted by Gasteiger charge is 2.24. The van der Waals surface area contributed by atoms with E-state index < -0.39 is 0 Å². The molecule has 98 valence electrons. The third-order valence-electron chi connectivity index (χ3n) is 3.35. The molecular weight excluding hydrogens is 216 g/mol. The summed E-state index contributed by atoms with van der Waals surface area (Å²) in [5.41, 5.74) is 5.49. The van der Waals surface area contributed by atoms with Crippen molar-refractivity contribution in [1.82, 2.24) is 10.2 Å². The number of nitrogens with zero attached hydrogens (tertiary/aromatic N) is 1. The number of rotatable bonds is 3. The predicted molar refractivity (Wildman–Crippen MR) is 69.0 cm³/mol. The molecule has 0 bridgehead atoms. The number of carbonyl (C=O) groups excluding carboxylic acids is 1. The van der Waals surface area contributed by atoms with Crippen molar-refractivity contribution in [3.05, 3.63) is 0 Å². The monoisotopic (exact) mass is 240 g/mol. The van der Waals surface area contributed by atoms with E-state index in [4.69, 9.17) is 11.1 Å². The standard InChI is InChI=1S/C12H24N4O/c1-8(2)10(11(13)14)15-12(17)16-6-4-9(3)5-7-16/h8-10H,4-7H2,1-3H3,(H3,13,14)(H,15,17). The molecule has 0 radical (unpaired) electrons. The Labute approximate surface area is 103 Å². The largest absolute Gasteiger partial charge is 0.386 e. The van der Waals surface area contributed by atoms with Crippen LogP contribution in [0.25, 0.3) is 0 Å². The highest BCUT2D eigenvalue weighted by Crippen LogP contribution is 2.16. The number of amides is 2. The Morgan fingerprint density at radius 1 is 1.41 bits per heavy atom. The zero-order chi connectivity index (χ0) is 13.0. The van der Waals surface area contributed by atoms with Gasteiger partial charge in [-0.2, -0.15) is 0 Å². The van der Waals surface area contributed by atoms with Crippen LogP contribution in [0.15, 0.2) is 0 Å². The Kier molecular flexibility index (Phi) is 4.78. The van der Waals surface area contributed by atoms with Gasteiger partial charge in [-0.05, 0) is 24.7 Å². The van der Waals surface area contributed by atoms with Gasteiger partial charge in [0, 0.05) is 13.1 Å². The molecule has 5 nitrogen and oxygen atoms in total. The molecule has 1 unspecified atom stereocenters. The maximum atomic E-state index is 12.0. The van der Waals surface area contributed by atoms with Gasteiger partial charge >= 0.3 is 6.03 Å². The number of nitrogens with one attached hydrogen (secondary N) is 2. The summed E-state index contributed by atoms with van der Waals surface area (Å²) in [4.78, 5) is 13.8. The van der Waals surface area contributed by atoms with E-state index >= 15 is 0 Å². The van der Waals surface area contributed by atoms with Crippen LogP contribution in [-0.2, 0) is 0 Å². The van der Waals surface area contributed by atoms with E-state index in [9.17, 15) is 4.79 Å². The van der Waals surface area contributed by atoms with E-state index in [2.05, 4.69) is 12.2 Å². The zero-order valence-electron chi connectivity index (χ0n) is 11.0. The van der Waals surface area contributed by atoms with Gasteiger partial charge in [-0.3, -0.25) is 5.41 Å². The van der Waals surface area contributed by atoms with E-state index in [1.165, 1.54) is 0 Å². The van der Waals surface area contributed by atoms with Crippen molar-refractivity contribution in [3.63, 3.8) is 0 Å². The van der Waals surface area contributed by atoms with E-state index in [1.807, 2.05) is 18.7 Å². The molecule has 17 heavy (non-hydrogen) atoms. The SMILES string of the molecule is CC1CCN(C(=O)NC(C(=N)N)C(C)C)CC1. The summed E-state index contributed by atoms with van der Waals surface area (Å²) in [6.45, 7) is 7.71. The highest BCUT2D eigenvalue weighted by molar-refractivity contribution is 5.87. The average molecular weight is 240 g/mol. The first-order valence-corrected chi connectivity index (χ1v) is 6.31. The van der Waals surface area contributed by atoms with Crippen LogP contribution in [0.2, 0.25) is 0 Å². The minimum absolute atomic E-state index is 0.0266. The molecule has 0 aromatic rings. The molecule has 1 atom stereocenters. The molecule has 1 aliphatic rings. The summed E-state index contributed by atoms with van der Waals surface area (Å²) in [6, 6.07) is -0.451. The number of likely N-dealkylation sites (tertiary alicyclic amines) is 1. The van der Waals surface area contributed by atoms with Crippen molar-refractivity contribution in [3.8, 4) is 0 Å². The van der Waals surface area contributed by atoms with Crippen LogP contribution in [0.4, 0.5) is 4.79 Å². The van der Waals surface area contributed by atoms with E-state index in [0.717, 1.165) is 25.9 Å². The van der Waals surface area contributed by atoms with Crippen molar-refractivity contribution < 1.29 is 4.79 Å². The minimum Gasteiger partial charge on any atom is -0.386 e. The number of urea groups is 1. The van der Waals surface area contributed by atoms with Crippen molar-refractivity contribution in [1.29, 1.82) is 5.41 Å². The summed E-state index contributed by atoms with van der Waals surface area (Å²) in [5.74, 6) is 0.867. The normalized spacial score (nSPS) is 19.2. The Morgan fingerprint density at radius 3 is 2.35 bits per heavy atom. The second-order valence-corrected chi connectivity index (χ2v) is 5.30. The molecule has 1 aliphatic heterocycles. The van der Waals surface area contributed by atoms with Crippen molar-refractivity contribution in [2.75, 3.05) is 13.1 Å². The minimum atomic E-state index is -0.359. The van der Waals surface area contributed by atoms with E-state index in [1.54, 1.807) is 0 Å². The summed E-state index contributed by atoms with van der Waals surface area (Å²) in [5, 5.41) is 10.3. The Bertz CT molecular complexity index is 282. The summed E-state index contributed by atoms with van der Waals surface area (Å²) in [7, 11) is 0. The van der Waals surface area contributed by atoms with Gasteiger partial charge in [0.15, 0.2) is 0 Å². The molecule has 4 N–H and O–H groups in total. The molecule has 0 saturated carbocycles. The van der Waals surface area contributed by atoms with Crippen LogP contribution in [0.3, 0.4) is 0 Å². The molecule has 1 saturated heterocycles. The second kappa shape index (κ2) is 5.89. The molecule has 1 rings (SSSR count). The molecule has 1 heterocycles. The molecule has 0 aromatic carbocycles. The fraction of sp³-hybridized carbons (Fsp3) is 0.833. The summed E-state index contributed by atoms with van der Waals surface area (Å²) < 4.78 is 0. The van der Waals surface area contributed by atoms with Crippen LogP contribution in [0.5, 0.6) is 0 Å². The molecule has 0 spiro atoms. The summed E-state index contributed by atoms with van der Waals surface area (Å²) >= 11 is 0. The molecule has 0 aromatic heterocycles. The van der Waals surface area contributed by atoms with Gasteiger partial charge in [0.1, 0.15) is 5.84 Å². The lowest BCUT2D eigenvalue weighted by Crippen LogP contribution is -2.53. The fourth-order valence-corrected chi connectivity index (χ4v) is 2.04. The smallest absolute Gasteiger partial charge is 0.317 e. The van der Waals surface area contributed by atoms with Crippen LogP contribution in [0, 0.1) is 17.2 Å². The molecule has 0 aliphatic carbocycles. The zero-order valence-corrected chi connectivity index (χ0v) is 11.0. The number of hydrogen-bond donors (Lipinski definition) is 3. The predicted octanol–water partition coefficient (Wildman–Crippen LogP) is 1.39. The number of carbonyl (C=O) groups is 1. The topological polar surface area (TPSA) is 82.2 Å². The third kappa shape index (κ3) is 3.91. The van der Waals surface area contributed by atoms with Crippen LogP contribution >= 0.6 is 0 Å². The highest BCUT2D eigenvalue weighted by atomic mass is 16.2. The first kappa shape index (κ1) is 13.8. The van der Waals surface area contributed by atoms with Crippen molar-refractivity contribution >= 4 is 11.9 Å². The van der Waals surface area contributed by atoms with Crippen LogP contribution < -0.4 is 11.1 Å². The van der Waals surface area contributed by atoms with Gasteiger partial charge in [0.25, 0.3) is 0 Å². The second-order valence-electron chi connectivity index (χ2n) is 5.30. The molecule has 1 fully saturated rings. The summed E-state index contributed by atoms with van der Waals surface area (Å²) in [6.07, 6.45) is 2.11. The number of piperidine rings is 1. The fourth-order valence-electron chi connectivity index (χ4n) is 2.04. The first-order valence-electron chi connectivity index (χ1n) is 6.31. The number of hydrogen-bond acceptors (Lipinski definition) is 2. The van der Waals surface area contributed by atoms with Gasteiger partial charge in [-0.15, -0.1) is 0 Å². The third-order valence-corrected chi connectivity index (χ3v) is 3.35. The lowest BCUT2D eigenvalue weighted by Gasteiger charge is -2.32. The average Bonchev–Trinajstić information content (AvgIpc) is 2.25. The maximum absolute atomic E-state index is 12.0. The van der Waals surface area contributed by atoms with E-state index in [-0.39, 0.29) is 23.8 Å². The van der Waals surface area contributed by atoms with Gasteiger partial charge in [-0.1, -0.05) is 20.8 Å². The Morgan fingerprint density at radius 2 is 1.94 bits per heavy atom. The molecule has 5 heteroatoms. The van der Waals surface area contributed by atoms with Crippen molar-refractivity contribution in [2.45, 2.75) is 39.7 Å². The van der Waals surface area contributed by atoms with Gasteiger partial charge < -0.3 is 16.0 Å². The van der Waals surface area contributed by atoms with E-state index in [0.29, 0.717) is 5.92 Å². The molecular formula is C12H24N4O. The molecule has 2 amide bonds. The Balaban J connectivity index is 2.50. The van der Waals surface area contributed by atoms with Gasteiger partial charge in [0.2, 0.25) is 0 Å². The number of nitrogens with two attached hydrogens (primary N) is 1. The lowest BCUT2D eigenvalue weighted by atomic mass is 9.99. The van der Waals surface area contributed by atoms with Gasteiger partial charge in [0.05, 0.1) is 6.04 Å². The van der Waals surface area contributed by atoms with Crippen molar-refractivity contribution in [2.24, 2.45) is 17.6 Å². The first-order chi connectivity index (χ1) is 7.91. The van der Waals surface area contributed by atoms with Crippen LogP contribution in [0.1, 0.15) is 33.6 Å². The van der Waals surface area contributed by atoms with Gasteiger partial charge in [-0.25, -0.2) is 4.79 Å². The number of amidine groups is 1. The maximum Gasteiger partial charge on any atom is 0.317 e.